The molecule has 0 bridgehead atoms. The Kier molecular flexibility index (Phi) is 5.79. The van der Waals surface area contributed by atoms with Gasteiger partial charge in [-0.1, -0.05) is 0 Å². The third kappa shape index (κ3) is 4.55. The number of ether oxygens (including phenoxy) is 1. The Bertz CT molecular complexity index is 775. The highest BCUT2D eigenvalue weighted by Gasteiger charge is 2.24. The molecule has 0 aliphatic carbocycles. The highest BCUT2D eigenvalue weighted by molar-refractivity contribution is 7.14. The van der Waals surface area contributed by atoms with Crippen molar-refractivity contribution in [3.63, 3.8) is 0 Å². The van der Waals surface area contributed by atoms with Gasteiger partial charge in [-0.25, -0.2) is 9.37 Å². The van der Waals surface area contributed by atoms with Crippen LogP contribution in [0.4, 0.5) is 15.2 Å². The Morgan fingerprint density at radius 2 is 1.96 bits per heavy atom. The SMILES string of the molecule is CC(NC(=O)c1csc(Nc2ccc(F)cc2)n1)C(=O)N1CCOCC1. The van der Waals surface area contributed by atoms with E-state index in [1.165, 1.54) is 23.5 Å². The molecule has 9 heteroatoms. The van der Waals surface area contributed by atoms with Crippen molar-refractivity contribution in [1.29, 1.82) is 0 Å². The largest absolute Gasteiger partial charge is 0.378 e. The van der Waals surface area contributed by atoms with E-state index in [4.69, 9.17) is 4.74 Å². The first-order chi connectivity index (χ1) is 12.5. The summed E-state index contributed by atoms with van der Waals surface area (Å²) in [7, 11) is 0. The molecule has 7 nitrogen and oxygen atoms in total. The molecule has 2 N–H and O–H groups in total. The normalized spacial score (nSPS) is 15.4. The summed E-state index contributed by atoms with van der Waals surface area (Å²) < 4.78 is 18.1. The molecule has 1 aliphatic rings. The van der Waals surface area contributed by atoms with Gasteiger partial charge in [0.05, 0.1) is 13.2 Å². The summed E-state index contributed by atoms with van der Waals surface area (Å²) in [5, 5.41) is 7.79. The molecule has 1 aromatic heterocycles. The quantitative estimate of drug-likeness (QED) is 0.832. The number of aromatic nitrogens is 1. The van der Waals surface area contributed by atoms with Crippen molar-refractivity contribution in [2.75, 3.05) is 31.6 Å². The molecule has 1 aromatic carbocycles. The predicted molar refractivity (Wildman–Crippen MR) is 96.1 cm³/mol. The summed E-state index contributed by atoms with van der Waals surface area (Å²) in [6.07, 6.45) is 0. The monoisotopic (exact) mass is 378 g/mol. The van der Waals surface area contributed by atoms with Gasteiger partial charge in [0.1, 0.15) is 17.6 Å². The first-order valence-corrected chi connectivity index (χ1v) is 9.06. The minimum Gasteiger partial charge on any atom is -0.378 e. The Morgan fingerprint density at radius 3 is 2.65 bits per heavy atom. The Labute approximate surface area is 154 Å². The molecule has 0 spiro atoms. The van der Waals surface area contributed by atoms with Crippen LogP contribution in [0.15, 0.2) is 29.6 Å². The Hall–Kier alpha value is -2.52. The molecular weight excluding hydrogens is 359 g/mol. The number of halogens is 1. The van der Waals surface area contributed by atoms with Crippen molar-refractivity contribution < 1.29 is 18.7 Å². The van der Waals surface area contributed by atoms with Crippen molar-refractivity contribution in [3.8, 4) is 0 Å². The number of hydrogen-bond donors (Lipinski definition) is 2. The van der Waals surface area contributed by atoms with Crippen molar-refractivity contribution in [3.05, 3.63) is 41.2 Å². The molecule has 2 aromatic rings. The van der Waals surface area contributed by atoms with Crippen LogP contribution in [0.5, 0.6) is 0 Å². The van der Waals surface area contributed by atoms with Crippen molar-refractivity contribution >= 4 is 34.0 Å². The topological polar surface area (TPSA) is 83.6 Å². The number of hydrogen-bond acceptors (Lipinski definition) is 6. The van der Waals surface area contributed by atoms with Gasteiger partial charge in [-0.15, -0.1) is 11.3 Å². The van der Waals surface area contributed by atoms with Gasteiger partial charge < -0.3 is 20.3 Å². The summed E-state index contributed by atoms with van der Waals surface area (Å²) in [5.74, 6) is -0.877. The van der Waals surface area contributed by atoms with Crippen LogP contribution in [-0.2, 0) is 9.53 Å². The first kappa shape index (κ1) is 18.3. The number of carbonyl (C=O) groups is 2. The molecule has 0 saturated carbocycles. The molecule has 2 amide bonds. The lowest BCUT2D eigenvalue weighted by Crippen LogP contribution is -2.50. The van der Waals surface area contributed by atoms with E-state index in [2.05, 4.69) is 15.6 Å². The lowest BCUT2D eigenvalue weighted by molar-refractivity contribution is -0.136. The lowest BCUT2D eigenvalue weighted by Gasteiger charge is -2.29. The summed E-state index contributed by atoms with van der Waals surface area (Å²) >= 11 is 1.25. The van der Waals surface area contributed by atoms with E-state index in [0.29, 0.717) is 37.1 Å². The van der Waals surface area contributed by atoms with Crippen LogP contribution >= 0.6 is 11.3 Å². The van der Waals surface area contributed by atoms with Crippen molar-refractivity contribution in [2.45, 2.75) is 13.0 Å². The molecule has 0 radical (unpaired) electrons. The van der Waals surface area contributed by atoms with Crippen LogP contribution in [0, 0.1) is 5.82 Å². The minimum atomic E-state index is -0.643. The highest BCUT2D eigenvalue weighted by atomic mass is 32.1. The second-order valence-corrected chi connectivity index (χ2v) is 6.66. The van der Waals surface area contributed by atoms with E-state index in [9.17, 15) is 14.0 Å². The first-order valence-electron chi connectivity index (χ1n) is 8.18. The smallest absolute Gasteiger partial charge is 0.271 e. The maximum atomic E-state index is 12.9. The summed E-state index contributed by atoms with van der Waals surface area (Å²) in [5.41, 5.74) is 0.893. The fraction of sp³-hybridized carbons (Fsp3) is 0.353. The Balaban J connectivity index is 1.57. The standard InChI is InChI=1S/C17H19FN4O3S/c1-11(16(24)22-6-8-25-9-7-22)19-15(23)14-10-26-17(21-14)20-13-4-2-12(18)3-5-13/h2-5,10-11H,6-9H2,1H3,(H,19,23)(H,20,21). The predicted octanol–water partition coefficient (Wildman–Crippen LogP) is 2.00. The second-order valence-electron chi connectivity index (χ2n) is 5.80. The zero-order valence-electron chi connectivity index (χ0n) is 14.2. The van der Waals surface area contributed by atoms with Gasteiger partial charge in [0.2, 0.25) is 5.91 Å². The van der Waals surface area contributed by atoms with Crippen LogP contribution in [0.25, 0.3) is 0 Å². The molecule has 1 saturated heterocycles. The van der Waals surface area contributed by atoms with Crippen LogP contribution in [0.2, 0.25) is 0 Å². The maximum Gasteiger partial charge on any atom is 0.271 e. The number of morpholine rings is 1. The number of thiazole rings is 1. The van der Waals surface area contributed by atoms with Gasteiger partial charge in [0.25, 0.3) is 5.91 Å². The molecule has 1 atom stereocenters. The molecule has 1 aliphatic heterocycles. The van der Waals surface area contributed by atoms with Crippen LogP contribution < -0.4 is 10.6 Å². The molecule has 1 fully saturated rings. The molecule has 1 unspecified atom stereocenters. The van der Waals surface area contributed by atoms with Crippen molar-refractivity contribution in [1.82, 2.24) is 15.2 Å². The summed E-state index contributed by atoms with van der Waals surface area (Å²) in [4.78, 5) is 30.5. The van der Waals surface area contributed by atoms with E-state index in [1.807, 2.05) is 0 Å². The number of carbonyl (C=O) groups excluding carboxylic acids is 2. The van der Waals surface area contributed by atoms with E-state index in [0.717, 1.165) is 0 Å². The van der Waals surface area contributed by atoms with Gasteiger partial charge in [-0.05, 0) is 31.2 Å². The van der Waals surface area contributed by atoms with Gasteiger partial charge in [-0.3, -0.25) is 9.59 Å². The van der Waals surface area contributed by atoms with E-state index >= 15 is 0 Å². The molecular formula is C17H19FN4O3S. The van der Waals surface area contributed by atoms with Crippen LogP contribution in [0.3, 0.4) is 0 Å². The van der Waals surface area contributed by atoms with Crippen LogP contribution in [-0.4, -0.2) is 54.0 Å². The Morgan fingerprint density at radius 1 is 1.27 bits per heavy atom. The number of benzene rings is 1. The number of anilines is 2. The van der Waals surface area contributed by atoms with Crippen molar-refractivity contribution in [2.24, 2.45) is 0 Å². The van der Waals surface area contributed by atoms with E-state index < -0.39 is 11.9 Å². The zero-order chi connectivity index (χ0) is 18.5. The average molecular weight is 378 g/mol. The van der Waals surface area contributed by atoms with Gasteiger partial charge in [0.15, 0.2) is 5.13 Å². The fourth-order valence-electron chi connectivity index (χ4n) is 2.48. The minimum absolute atomic E-state index is 0.137. The number of rotatable bonds is 5. The summed E-state index contributed by atoms with van der Waals surface area (Å²) in [6, 6.07) is 5.19. The highest BCUT2D eigenvalue weighted by Crippen LogP contribution is 2.21. The maximum absolute atomic E-state index is 12.9. The third-order valence-corrected chi connectivity index (χ3v) is 4.63. The number of nitrogens with one attached hydrogen (secondary N) is 2. The second kappa shape index (κ2) is 8.24. The van der Waals surface area contributed by atoms with E-state index in [1.54, 1.807) is 29.3 Å². The van der Waals surface area contributed by atoms with Gasteiger partial charge in [0, 0.05) is 24.2 Å². The zero-order valence-corrected chi connectivity index (χ0v) is 15.0. The van der Waals surface area contributed by atoms with Crippen LogP contribution in [0.1, 0.15) is 17.4 Å². The fourth-order valence-corrected chi connectivity index (χ4v) is 3.19. The van der Waals surface area contributed by atoms with Gasteiger partial charge in [-0.2, -0.15) is 0 Å². The third-order valence-electron chi connectivity index (χ3n) is 3.87. The number of nitrogens with zero attached hydrogens (tertiary/aromatic N) is 2. The summed E-state index contributed by atoms with van der Waals surface area (Å²) in [6.45, 7) is 3.73. The number of amides is 2. The molecule has 2 heterocycles. The van der Waals surface area contributed by atoms with Gasteiger partial charge >= 0.3 is 0 Å². The molecule has 3 rings (SSSR count). The lowest BCUT2D eigenvalue weighted by atomic mass is 10.2. The molecule has 26 heavy (non-hydrogen) atoms. The molecule has 138 valence electrons. The van der Waals surface area contributed by atoms with E-state index in [-0.39, 0.29) is 17.4 Å². The average Bonchev–Trinajstić information content (AvgIpc) is 3.12.